The maximum absolute atomic E-state index is 13.8. The Morgan fingerprint density at radius 3 is 2.41 bits per heavy atom. The summed E-state index contributed by atoms with van der Waals surface area (Å²) < 4.78 is 41.4. The largest absolute Gasteiger partial charge is 0.418 e. The normalized spacial score (nSPS) is 13.2. The van der Waals surface area contributed by atoms with Crippen LogP contribution in [0.25, 0.3) is 11.0 Å². The molecule has 0 saturated carbocycles. The quantitative estimate of drug-likeness (QED) is 0.434. The SMILES string of the molecule is Cc1nc2ccc(C(C)Cc3nc(C(C)C)c(C(F)(F)F)cc3Cn3nccn3)cc2[nH]1. The number of imidazole rings is 1. The first-order chi connectivity index (χ1) is 15.1. The molecule has 32 heavy (non-hydrogen) atoms. The fraction of sp³-hybridized carbons (Fsp3) is 0.391. The number of hydrogen-bond donors (Lipinski definition) is 1. The maximum Gasteiger partial charge on any atom is 0.418 e. The van der Waals surface area contributed by atoms with Crippen LogP contribution in [0.2, 0.25) is 0 Å². The van der Waals surface area contributed by atoms with Crippen molar-refractivity contribution < 1.29 is 13.2 Å². The molecule has 0 aliphatic rings. The molecule has 0 fully saturated rings. The number of halogens is 3. The number of nitrogens with zero attached hydrogens (tertiary/aromatic N) is 5. The van der Waals surface area contributed by atoms with Gasteiger partial charge in [0.15, 0.2) is 0 Å². The van der Waals surface area contributed by atoms with Crippen LogP contribution < -0.4 is 0 Å². The van der Waals surface area contributed by atoms with E-state index in [4.69, 9.17) is 0 Å². The minimum absolute atomic E-state index is 0.0385. The fourth-order valence-corrected chi connectivity index (χ4v) is 3.94. The second kappa shape index (κ2) is 8.37. The molecule has 168 valence electrons. The van der Waals surface area contributed by atoms with Crippen LogP contribution in [0.4, 0.5) is 13.2 Å². The monoisotopic (exact) mass is 442 g/mol. The number of aromatic nitrogens is 6. The Morgan fingerprint density at radius 1 is 1.03 bits per heavy atom. The number of nitrogens with one attached hydrogen (secondary N) is 1. The summed E-state index contributed by atoms with van der Waals surface area (Å²) in [5.41, 5.74) is 3.37. The molecule has 3 aromatic heterocycles. The highest BCUT2D eigenvalue weighted by molar-refractivity contribution is 5.76. The fourth-order valence-electron chi connectivity index (χ4n) is 3.94. The summed E-state index contributed by atoms with van der Waals surface area (Å²) in [5.74, 6) is 0.517. The van der Waals surface area contributed by atoms with Crippen molar-refractivity contribution in [2.45, 2.75) is 58.7 Å². The molecule has 0 radical (unpaired) electrons. The van der Waals surface area contributed by atoms with Crippen LogP contribution in [0.5, 0.6) is 0 Å². The molecule has 4 aromatic rings. The summed E-state index contributed by atoms with van der Waals surface area (Å²) in [6.45, 7) is 7.54. The van der Waals surface area contributed by atoms with Gasteiger partial charge in [-0.1, -0.05) is 26.8 Å². The Hall–Kier alpha value is -3.23. The van der Waals surface area contributed by atoms with Gasteiger partial charge >= 0.3 is 6.18 Å². The average molecular weight is 442 g/mol. The standard InChI is InChI=1S/C23H25F3N6/c1-13(2)22-18(23(24,25)26)10-17(12-32-27-7-8-28-32)20(31-22)9-14(3)16-5-6-19-21(11-16)30-15(4)29-19/h5-8,10-11,13-14H,9,12H2,1-4H3,(H,29,30). The first-order valence-corrected chi connectivity index (χ1v) is 10.5. The average Bonchev–Trinajstić information content (AvgIpc) is 3.35. The molecule has 0 amide bonds. The highest BCUT2D eigenvalue weighted by atomic mass is 19.4. The molecule has 9 heteroatoms. The highest BCUT2D eigenvalue weighted by Crippen LogP contribution is 2.36. The molecule has 0 bridgehead atoms. The topological polar surface area (TPSA) is 72.3 Å². The van der Waals surface area contributed by atoms with E-state index in [0.717, 1.165) is 22.4 Å². The van der Waals surface area contributed by atoms with E-state index in [0.29, 0.717) is 17.7 Å². The summed E-state index contributed by atoms with van der Waals surface area (Å²) in [6, 6.07) is 7.23. The summed E-state index contributed by atoms with van der Waals surface area (Å²) in [4.78, 5) is 13.6. The lowest BCUT2D eigenvalue weighted by atomic mass is 9.92. The number of fused-ring (bicyclic) bond motifs is 1. The molecular weight excluding hydrogens is 417 g/mol. The van der Waals surface area contributed by atoms with Crippen molar-refractivity contribution in [3.8, 4) is 0 Å². The van der Waals surface area contributed by atoms with E-state index >= 15 is 0 Å². The van der Waals surface area contributed by atoms with Crippen LogP contribution >= 0.6 is 0 Å². The van der Waals surface area contributed by atoms with E-state index < -0.39 is 11.7 Å². The second-order valence-electron chi connectivity index (χ2n) is 8.44. The van der Waals surface area contributed by atoms with E-state index in [2.05, 4.69) is 32.1 Å². The van der Waals surface area contributed by atoms with Gasteiger partial charge in [-0.05, 0) is 54.5 Å². The van der Waals surface area contributed by atoms with Gasteiger partial charge in [-0.15, -0.1) is 0 Å². The number of rotatable bonds is 6. The minimum atomic E-state index is -4.48. The van der Waals surface area contributed by atoms with E-state index in [1.807, 2.05) is 25.1 Å². The lowest BCUT2D eigenvalue weighted by Gasteiger charge is -2.21. The molecule has 0 saturated heterocycles. The van der Waals surface area contributed by atoms with Gasteiger partial charge in [0.25, 0.3) is 0 Å². The summed E-state index contributed by atoms with van der Waals surface area (Å²) in [7, 11) is 0. The zero-order chi connectivity index (χ0) is 23.0. The number of pyridine rings is 1. The highest BCUT2D eigenvalue weighted by Gasteiger charge is 2.36. The van der Waals surface area contributed by atoms with Gasteiger partial charge in [0.1, 0.15) is 5.82 Å². The third-order valence-electron chi connectivity index (χ3n) is 5.54. The van der Waals surface area contributed by atoms with Crippen molar-refractivity contribution >= 4 is 11.0 Å². The number of hydrogen-bond acceptors (Lipinski definition) is 4. The third kappa shape index (κ3) is 4.51. The van der Waals surface area contributed by atoms with Crippen molar-refractivity contribution in [3.05, 3.63) is 70.6 Å². The minimum Gasteiger partial charge on any atom is -0.342 e. The Kier molecular flexibility index (Phi) is 5.75. The maximum atomic E-state index is 13.8. The molecule has 1 unspecified atom stereocenters. The van der Waals surface area contributed by atoms with Crippen LogP contribution in [0.1, 0.15) is 66.5 Å². The molecule has 0 aliphatic heterocycles. The molecule has 4 rings (SSSR count). The van der Waals surface area contributed by atoms with Crippen LogP contribution in [0, 0.1) is 6.92 Å². The number of H-pyrrole nitrogens is 1. The molecule has 1 aromatic carbocycles. The number of alkyl halides is 3. The van der Waals surface area contributed by atoms with Crippen molar-refractivity contribution in [2.75, 3.05) is 0 Å². The van der Waals surface area contributed by atoms with Crippen LogP contribution in [0.3, 0.4) is 0 Å². The van der Waals surface area contributed by atoms with Crippen molar-refractivity contribution in [2.24, 2.45) is 0 Å². The van der Waals surface area contributed by atoms with Crippen molar-refractivity contribution in [3.63, 3.8) is 0 Å². The van der Waals surface area contributed by atoms with Crippen LogP contribution in [-0.2, 0) is 19.1 Å². The van der Waals surface area contributed by atoms with Crippen molar-refractivity contribution in [1.82, 2.24) is 29.9 Å². The lowest BCUT2D eigenvalue weighted by molar-refractivity contribution is -0.138. The van der Waals surface area contributed by atoms with Gasteiger partial charge < -0.3 is 4.98 Å². The van der Waals surface area contributed by atoms with E-state index in [1.165, 1.54) is 23.3 Å². The number of aromatic amines is 1. The third-order valence-corrected chi connectivity index (χ3v) is 5.54. The molecule has 6 nitrogen and oxygen atoms in total. The zero-order valence-electron chi connectivity index (χ0n) is 18.4. The second-order valence-corrected chi connectivity index (χ2v) is 8.44. The molecule has 0 aliphatic carbocycles. The van der Waals surface area contributed by atoms with E-state index in [1.54, 1.807) is 13.8 Å². The Bertz CT molecular complexity index is 1220. The van der Waals surface area contributed by atoms with Gasteiger partial charge in [0.05, 0.1) is 41.2 Å². The van der Waals surface area contributed by atoms with Gasteiger partial charge in [-0.3, -0.25) is 4.98 Å². The van der Waals surface area contributed by atoms with E-state index in [9.17, 15) is 13.2 Å². The van der Waals surface area contributed by atoms with Gasteiger partial charge in [0, 0.05) is 5.69 Å². The predicted octanol–water partition coefficient (Wildman–Crippen LogP) is 5.39. The van der Waals surface area contributed by atoms with Crippen LogP contribution in [0.15, 0.2) is 36.7 Å². The molecule has 1 N–H and O–H groups in total. The van der Waals surface area contributed by atoms with Gasteiger partial charge in [0.2, 0.25) is 0 Å². The number of aryl methyl sites for hydroxylation is 1. The summed E-state index contributed by atoms with van der Waals surface area (Å²) in [5, 5.41) is 8.12. The summed E-state index contributed by atoms with van der Waals surface area (Å²) >= 11 is 0. The zero-order valence-corrected chi connectivity index (χ0v) is 18.4. The van der Waals surface area contributed by atoms with Crippen LogP contribution in [-0.4, -0.2) is 29.9 Å². The predicted molar refractivity (Wildman–Crippen MR) is 115 cm³/mol. The molecular formula is C23H25F3N6. The molecule has 0 spiro atoms. The van der Waals surface area contributed by atoms with Gasteiger partial charge in [-0.25, -0.2) is 4.98 Å². The molecule has 1 atom stereocenters. The number of benzene rings is 1. The smallest absolute Gasteiger partial charge is 0.342 e. The van der Waals surface area contributed by atoms with E-state index in [-0.39, 0.29) is 24.1 Å². The Balaban J connectivity index is 1.75. The lowest BCUT2D eigenvalue weighted by Crippen LogP contribution is -2.18. The first-order valence-electron chi connectivity index (χ1n) is 10.5. The van der Waals surface area contributed by atoms with Crippen molar-refractivity contribution in [1.29, 1.82) is 0 Å². The summed E-state index contributed by atoms with van der Waals surface area (Å²) in [6.07, 6.45) is -0.978. The molecule has 3 heterocycles. The first kappa shape index (κ1) is 22.0. The Morgan fingerprint density at radius 2 is 1.75 bits per heavy atom. The van der Waals surface area contributed by atoms with Gasteiger partial charge in [-0.2, -0.15) is 28.2 Å². The Labute approximate surface area is 183 Å².